The molecule has 1 heterocycles. The quantitative estimate of drug-likeness (QED) is 0.806. The number of methoxy groups -OCH3 is 1. The summed E-state index contributed by atoms with van der Waals surface area (Å²) in [5.74, 6) is 1.96. The summed E-state index contributed by atoms with van der Waals surface area (Å²) in [6.45, 7) is 6.14. The van der Waals surface area contributed by atoms with Crippen LogP contribution in [0.2, 0.25) is 5.02 Å². The number of anilines is 2. The lowest BCUT2D eigenvalue weighted by Crippen LogP contribution is -2.19. The minimum absolute atomic E-state index is 0.113. The number of benzene rings is 1. The van der Waals surface area contributed by atoms with Crippen molar-refractivity contribution < 1.29 is 9.26 Å². The number of nitrogens with zero attached hydrogens (tertiary/aromatic N) is 1. The lowest BCUT2D eigenvalue weighted by molar-refractivity contribution is 0.331. The first-order chi connectivity index (χ1) is 10.3. The van der Waals surface area contributed by atoms with Crippen LogP contribution in [0.4, 0.5) is 11.5 Å². The van der Waals surface area contributed by atoms with E-state index in [1.165, 1.54) is 0 Å². The van der Waals surface area contributed by atoms with Gasteiger partial charge in [-0.3, -0.25) is 0 Å². The van der Waals surface area contributed by atoms with Gasteiger partial charge in [0.1, 0.15) is 11.5 Å². The molecule has 0 saturated heterocycles. The number of ether oxygens (including phenoxy) is 1. The van der Waals surface area contributed by atoms with E-state index in [0.29, 0.717) is 27.4 Å². The molecule has 0 aliphatic heterocycles. The molecule has 118 valence electrons. The molecule has 0 aliphatic carbocycles. The Bertz CT molecular complexity index is 680. The van der Waals surface area contributed by atoms with Crippen LogP contribution in [0.1, 0.15) is 26.5 Å². The Kier molecular flexibility index (Phi) is 4.93. The van der Waals surface area contributed by atoms with E-state index in [4.69, 9.17) is 33.1 Å². The van der Waals surface area contributed by atoms with Crippen molar-refractivity contribution in [3.63, 3.8) is 0 Å². The van der Waals surface area contributed by atoms with Crippen LogP contribution < -0.4 is 15.4 Å². The lowest BCUT2D eigenvalue weighted by Gasteiger charge is -2.13. The SMILES string of the molecule is COc1ccc(Cl)cc1NC(=S)Nc1cc(C(C)(C)C)on1. The third-order valence-electron chi connectivity index (χ3n) is 2.90. The summed E-state index contributed by atoms with van der Waals surface area (Å²) in [4.78, 5) is 0. The van der Waals surface area contributed by atoms with Crippen molar-refractivity contribution in [2.24, 2.45) is 0 Å². The Morgan fingerprint density at radius 2 is 2.00 bits per heavy atom. The van der Waals surface area contributed by atoms with Crippen LogP contribution >= 0.6 is 23.8 Å². The van der Waals surface area contributed by atoms with Crippen molar-refractivity contribution >= 4 is 40.4 Å². The molecule has 0 bridgehead atoms. The molecule has 0 atom stereocenters. The van der Waals surface area contributed by atoms with Gasteiger partial charge >= 0.3 is 0 Å². The van der Waals surface area contributed by atoms with Gasteiger partial charge in [-0.25, -0.2) is 0 Å². The normalized spacial score (nSPS) is 11.1. The highest BCUT2D eigenvalue weighted by atomic mass is 35.5. The van der Waals surface area contributed by atoms with Crippen LogP contribution in [-0.2, 0) is 5.41 Å². The zero-order valence-electron chi connectivity index (χ0n) is 12.9. The fraction of sp³-hybridized carbons (Fsp3) is 0.333. The van der Waals surface area contributed by atoms with Gasteiger partial charge in [-0.1, -0.05) is 37.5 Å². The van der Waals surface area contributed by atoms with Gasteiger partial charge in [0.05, 0.1) is 12.8 Å². The summed E-state index contributed by atoms with van der Waals surface area (Å²) in [5.41, 5.74) is 0.560. The summed E-state index contributed by atoms with van der Waals surface area (Å²) >= 11 is 11.3. The number of aromatic nitrogens is 1. The van der Waals surface area contributed by atoms with Crippen LogP contribution in [0.3, 0.4) is 0 Å². The summed E-state index contributed by atoms with van der Waals surface area (Å²) < 4.78 is 10.6. The summed E-state index contributed by atoms with van der Waals surface area (Å²) in [5, 5.41) is 10.9. The number of hydrogen-bond donors (Lipinski definition) is 2. The van der Waals surface area contributed by atoms with E-state index >= 15 is 0 Å². The third kappa shape index (κ3) is 4.11. The first-order valence-corrected chi connectivity index (χ1v) is 7.47. The smallest absolute Gasteiger partial charge is 0.176 e. The highest BCUT2D eigenvalue weighted by Gasteiger charge is 2.20. The molecule has 1 aromatic heterocycles. The maximum absolute atomic E-state index is 5.98. The molecule has 1 aromatic carbocycles. The Morgan fingerprint density at radius 3 is 2.59 bits per heavy atom. The molecule has 7 heteroatoms. The summed E-state index contributed by atoms with van der Waals surface area (Å²) in [6.07, 6.45) is 0. The minimum atomic E-state index is -0.113. The number of nitrogens with one attached hydrogen (secondary N) is 2. The molecule has 0 saturated carbocycles. The van der Waals surface area contributed by atoms with Crippen molar-refractivity contribution in [1.29, 1.82) is 0 Å². The van der Waals surface area contributed by atoms with E-state index < -0.39 is 0 Å². The monoisotopic (exact) mass is 339 g/mol. The second-order valence-corrected chi connectivity index (χ2v) is 6.59. The molecule has 2 aromatic rings. The Morgan fingerprint density at radius 1 is 1.27 bits per heavy atom. The predicted molar refractivity (Wildman–Crippen MR) is 93.1 cm³/mol. The van der Waals surface area contributed by atoms with Crippen LogP contribution in [0.25, 0.3) is 0 Å². The van der Waals surface area contributed by atoms with Crippen molar-refractivity contribution in [3.05, 3.63) is 35.0 Å². The van der Waals surface area contributed by atoms with E-state index in [0.717, 1.165) is 5.76 Å². The van der Waals surface area contributed by atoms with E-state index in [-0.39, 0.29) is 5.41 Å². The average Bonchev–Trinajstić information content (AvgIpc) is 2.87. The molecule has 5 nitrogen and oxygen atoms in total. The molecule has 0 fully saturated rings. The first-order valence-electron chi connectivity index (χ1n) is 6.68. The Hall–Kier alpha value is -1.79. The largest absolute Gasteiger partial charge is 0.495 e. The Labute approximate surface area is 140 Å². The molecular formula is C15H18ClN3O2S. The standard InChI is InChI=1S/C15H18ClN3O2S/c1-15(2,3)12-8-13(19-21-12)18-14(22)17-10-7-9(16)5-6-11(10)20-4/h5-8H,1-4H3,(H2,17,18,19,22). The summed E-state index contributed by atoms with van der Waals surface area (Å²) in [6, 6.07) is 7.07. The fourth-order valence-electron chi connectivity index (χ4n) is 1.74. The van der Waals surface area contributed by atoms with E-state index in [1.54, 1.807) is 25.3 Å². The van der Waals surface area contributed by atoms with Crippen LogP contribution in [0.15, 0.2) is 28.8 Å². The predicted octanol–water partition coefficient (Wildman–Crippen LogP) is 4.44. The van der Waals surface area contributed by atoms with Gasteiger partial charge in [0.15, 0.2) is 10.9 Å². The molecule has 2 rings (SSSR count). The molecule has 0 spiro atoms. The van der Waals surface area contributed by atoms with Crippen molar-refractivity contribution in [2.45, 2.75) is 26.2 Å². The fourth-order valence-corrected chi connectivity index (χ4v) is 2.12. The molecular weight excluding hydrogens is 322 g/mol. The topological polar surface area (TPSA) is 59.3 Å². The molecule has 0 unspecified atom stereocenters. The average molecular weight is 340 g/mol. The van der Waals surface area contributed by atoms with Crippen LogP contribution in [0.5, 0.6) is 5.75 Å². The van der Waals surface area contributed by atoms with Gasteiger partial charge in [0.2, 0.25) is 0 Å². The number of halogens is 1. The lowest BCUT2D eigenvalue weighted by atomic mass is 9.93. The van der Waals surface area contributed by atoms with Crippen LogP contribution in [0, 0.1) is 0 Å². The molecule has 0 radical (unpaired) electrons. The van der Waals surface area contributed by atoms with Crippen molar-refractivity contribution in [3.8, 4) is 5.75 Å². The van der Waals surface area contributed by atoms with E-state index in [2.05, 4.69) is 15.8 Å². The van der Waals surface area contributed by atoms with Gasteiger partial charge in [-0.15, -0.1) is 0 Å². The van der Waals surface area contributed by atoms with Crippen molar-refractivity contribution in [2.75, 3.05) is 17.7 Å². The molecule has 22 heavy (non-hydrogen) atoms. The van der Waals surface area contributed by atoms with Crippen LogP contribution in [-0.4, -0.2) is 17.4 Å². The zero-order valence-corrected chi connectivity index (χ0v) is 14.4. The highest BCUT2D eigenvalue weighted by Crippen LogP contribution is 2.28. The van der Waals surface area contributed by atoms with Crippen molar-refractivity contribution in [1.82, 2.24) is 5.16 Å². The minimum Gasteiger partial charge on any atom is -0.495 e. The second-order valence-electron chi connectivity index (χ2n) is 5.75. The van der Waals surface area contributed by atoms with Gasteiger partial charge in [0.25, 0.3) is 0 Å². The Balaban J connectivity index is 2.07. The van der Waals surface area contributed by atoms with Gasteiger partial charge in [-0.05, 0) is 30.4 Å². The van der Waals surface area contributed by atoms with E-state index in [9.17, 15) is 0 Å². The maximum Gasteiger partial charge on any atom is 0.176 e. The number of rotatable bonds is 3. The second kappa shape index (κ2) is 6.54. The number of hydrogen-bond acceptors (Lipinski definition) is 4. The zero-order chi connectivity index (χ0) is 16.3. The van der Waals surface area contributed by atoms with Gasteiger partial charge in [0, 0.05) is 16.5 Å². The maximum atomic E-state index is 5.98. The third-order valence-corrected chi connectivity index (χ3v) is 3.34. The molecule has 2 N–H and O–H groups in total. The summed E-state index contributed by atoms with van der Waals surface area (Å²) in [7, 11) is 1.58. The van der Waals surface area contributed by atoms with Gasteiger partial charge in [-0.2, -0.15) is 0 Å². The van der Waals surface area contributed by atoms with E-state index in [1.807, 2.05) is 26.8 Å². The molecule has 0 amide bonds. The number of thiocarbonyl (C=S) groups is 1. The van der Waals surface area contributed by atoms with Gasteiger partial charge < -0.3 is 19.9 Å². The first kappa shape index (κ1) is 16.6. The molecule has 0 aliphatic rings. The highest BCUT2D eigenvalue weighted by molar-refractivity contribution is 7.80.